The fourth-order valence-electron chi connectivity index (χ4n) is 5.44. The van der Waals surface area contributed by atoms with E-state index in [4.69, 9.17) is 0 Å². The number of hydrogen-bond donors (Lipinski definition) is 4. The highest BCUT2D eigenvalue weighted by Crippen LogP contribution is 2.32. The maximum atomic E-state index is 11.8. The summed E-state index contributed by atoms with van der Waals surface area (Å²) in [5.74, 6) is -0.407. The summed E-state index contributed by atoms with van der Waals surface area (Å²) in [6.45, 7) is 11.4. The number of carboxylic acids is 2. The Bertz CT molecular complexity index is 1160. The number of unbranched alkanes of at least 4 members (excludes halogenated alkanes) is 1. The molecule has 0 radical (unpaired) electrons. The molecule has 230 valence electrons. The summed E-state index contributed by atoms with van der Waals surface area (Å²) in [4.78, 5) is 45.0. The van der Waals surface area contributed by atoms with Crippen LogP contribution >= 0.6 is 0 Å². The Morgan fingerprint density at radius 2 is 1.33 bits per heavy atom. The third-order valence-electron chi connectivity index (χ3n) is 7.45. The lowest BCUT2D eigenvalue weighted by molar-refractivity contribution is -0.139. The Morgan fingerprint density at radius 3 is 1.83 bits per heavy atom. The average molecular weight is 582 g/mol. The van der Waals surface area contributed by atoms with Gasteiger partial charge in [0, 0.05) is 37.9 Å². The molecule has 3 aromatic rings. The van der Waals surface area contributed by atoms with Crippen molar-refractivity contribution in [1.82, 2.24) is 34.6 Å². The van der Waals surface area contributed by atoms with Crippen LogP contribution in [0, 0.1) is 0 Å². The molecule has 0 amide bonds. The van der Waals surface area contributed by atoms with E-state index in [9.17, 15) is 19.8 Å². The van der Waals surface area contributed by atoms with Crippen molar-refractivity contribution in [2.24, 2.45) is 0 Å². The molecular weight excluding hydrogens is 534 g/mol. The number of aromatic nitrogens is 4. The summed E-state index contributed by atoms with van der Waals surface area (Å²) in [5, 5.41) is 19.2. The number of benzene rings is 1. The van der Waals surface area contributed by atoms with E-state index in [1.165, 1.54) is 0 Å². The second-order valence-corrected chi connectivity index (χ2v) is 10.9. The van der Waals surface area contributed by atoms with E-state index in [-0.39, 0.29) is 19.0 Å². The lowest BCUT2D eigenvalue weighted by Crippen LogP contribution is -2.34. The Hall–Kier alpha value is -3.54. The van der Waals surface area contributed by atoms with Crippen LogP contribution in [0.4, 0.5) is 0 Å². The van der Waals surface area contributed by atoms with Crippen LogP contribution in [0.15, 0.2) is 49.1 Å². The molecule has 2 aromatic heterocycles. The van der Waals surface area contributed by atoms with E-state index < -0.39 is 18.0 Å². The van der Waals surface area contributed by atoms with Crippen molar-refractivity contribution in [2.45, 2.75) is 78.0 Å². The molecule has 42 heavy (non-hydrogen) atoms. The van der Waals surface area contributed by atoms with Crippen LogP contribution in [0.5, 0.6) is 0 Å². The van der Waals surface area contributed by atoms with Crippen molar-refractivity contribution < 1.29 is 19.8 Å². The monoisotopic (exact) mass is 581 g/mol. The highest BCUT2D eigenvalue weighted by Gasteiger charge is 2.31. The van der Waals surface area contributed by atoms with Crippen LogP contribution in [-0.2, 0) is 22.7 Å². The van der Waals surface area contributed by atoms with Gasteiger partial charge in [-0.25, -0.2) is 9.97 Å². The van der Waals surface area contributed by atoms with Crippen molar-refractivity contribution in [2.75, 3.05) is 32.7 Å². The molecule has 3 rings (SSSR count). The normalized spacial score (nSPS) is 13.2. The molecular formula is C31H47N7O4. The Kier molecular flexibility index (Phi) is 13.7. The van der Waals surface area contributed by atoms with Crippen LogP contribution in [0.3, 0.4) is 0 Å². The van der Waals surface area contributed by atoms with E-state index in [0.717, 1.165) is 68.8 Å². The Labute approximate surface area is 249 Å². The van der Waals surface area contributed by atoms with Gasteiger partial charge >= 0.3 is 11.9 Å². The minimum absolute atomic E-state index is 0.00381. The predicted octanol–water partition coefficient (Wildman–Crippen LogP) is 4.70. The van der Waals surface area contributed by atoms with Gasteiger partial charge < -0.3 is 25.1 Å². The van der Waals surface area contributed by atoms with Gasteiger partial charge in [-0.15, -0.1) is 0 Å². The molecule has 0 aliphatic heterocycles. The second-order valence-electron chi connectivity index (χ2n) is 10.9. The van der Waals surface area contributed by atoms with Crippen LogP contribution in [0.2, 0.25) is 0 Å². The summed E-state index contributed by atoms with van der Waals surface area (Å²) >= 11 is 0. The zero-order chi connectivity index (χ0) is 30.3. The maximum absolute atomic E-state index is 11.8. The van der Waals surface area contributed by atoms with Gasteiger partial charge in [0.2, 0.25) is 0 Å². The fraction of sp³-hybridized carbons (Fsp3) is 0.548. The van der Waals surface area contributed by atoms with Gasteiger partial charge in [0.15, 0.2) is 0 Å². The first-order valence-corrected chi connectivity index (χ1v) is 15.0. The number of nitrogens with zero attached hydrogens (tertiary/aromatic N) is 5. The van der Waals surface area contributed by atoms with Crippen LogP contribution in [0.25, 0.3) is 0 Å². The molecule has 2 unspecified atom stereocenters. The molecule has 0 aliphatic carbocycles. The van der Waals surface area contributed by atoms with Gasteiger partial charge in [-0.2, -0.15) is 0 Å². The van der Waals surface area contributed by atoms with Gasteiger partial charge in [-0.3, -0.25) is 19.4 Å². The Morgan fingerprint density at radius 1 is 0.786 bits per heavy atom. The number of carboxylic acid groups (broad SMARTS) is 2. The molecule has 0 spiro atoms. The maximum Gasteiger partial charge on any atom is 0.317 e. The van der Waals surface area contributed by atoms with Crippen LogP contribution in [-0.4, -0.2) is 89.5 Å². The molecule has 11 heteroatoms. The number of carbonyl (C=O) groups is 2. The van der Waals surface area contributed by atoms with E-state index in [1.54, 1.807) is 24.8 Å². The van der Waals surface area contributed by atoms with E-state index >= 15 is 0 Å². The van der Waals surface area contributed by atoms with E-state index in [0.29, 0.717) is 18.9 Å². The van der Waals surface area contributed by atoms with Crippen molar-refractivity contribution in [3.05, 3.63) is 71.8 Å². The highest BCUT2D eigenvalue weighted by molar-refractivity contribution is 5.69. The summed E-state index contributed by atoms with van der Waals surface area (Å²) < 4.78 is 0. The highest BCUT2D eigenvalue weighted by atomic mass is 16.4. The van der Waals surface area contributed by atoms with Crippen molar-refractivity contribution in [1.29, 1.82) is 0 Å². The molecule has 0 saturated heterocycles. The SMILES string of the molecule is CCCN(CCC)CCCCN(CC(=O)O)Cc1ccc(CN(C(C)c2ncc[nH]2)C(CC(=O)O)c2ncc[nH]2)cc1. The topological polar surface area (TPSA) is 142 Å². The quantitative estimate of drug-likeness (QED) is 0.132. The predicted molar refractivity (Wildman–Crippen MR) is 162 cm³/mol. The lowest BCUT2D eigenvalue weighted by atomic mass is 10.0. The summed E-state index contributed by atoms with van der Waals surface area (Å²) in [6, 6.07) is 7.43. The van der Waals surface area contributed by atoms with Crippen molar-refractivity contribution in [3.63, 3.8) is 0 Å². The lowest BCUT2D eigenvalue weighted by Gasteiger charge is -2.34. The number of hydrogen-bond acceptors (Lipinski definition) is 7. The smallest absolute Gasteiger partial charge is 0.317 e. The van der Waals surface area contributed by atoms with Crippen molar-refractivity contribution in [3.8, 4) is 0 Å². The van der Waals surface area contributed by atoms with E-state index in [1.807, 2.05) is 36.1 Å². The zero-order valence-electron chi connectivity index (χ0n) is 25.2. The Balaban J connectivity index is 1.69. The first kappa shape index (κ1) is 33.0. The van der Waals surface area contributed by atoms with Gasteiger partial charge in [-0.05, 0) is 69.9 Å². The number of aromatic amines is 2. The summed E-state index contributed by atoms with van der Waals surface area (Å²) in [6.07, 6.45) is 10.9. The molecule has 4 N–H and O–H groups in total. The minimum atomic E-state index is -0.912. The molecule has 0 aliphatic rings. The number of nitrogens with one attached hydrogen (secondary N) is 2. The summed E-state index contributed by atoms with van der Waals surface area (Å²) in [7, 11) is 0. The standard InChI is InChI=1S/C31H47N7O4/c1-4-16-36(17-5-2)18-6-7-19-37(23-29(41)42)21-25-8-10-26(11-9-25)22-38(24(3)30-32-12-13-33-30)27(20-28(39)40)31-34-14-15-35-31/h8-15,24,27H,4-7,16-23H2,1-3H3,(H,32,33)(H,34,35)(H,39,40)(H,41,42). The largest absolute Gasteiger partial charge is 0.481 e. The third kappa shape index (κ3) is 10.7. The van der Waals surface area contributed by atoms with Gasteiger partial charge in [-0.1, -0.05) is 38.1 Å². The molecule has 11 nitrogen and oxygen atoms in total. The zero-order valence-corrected chi connectivity index (χ0v) is 25.2. The number of imidazole rings is 2. The van der Waals surface area contributed by atoms with Crippen LogP contribution < -0.4 is 0 Å². The first-order chi connectivity index (χ1) is 20.3. The third-order valence-corrected chi connectivity index (χ3v) is 7.45. The number of H-pyrrole nitrogens is 2. The van der Waals surface area contributed by atoms with Gasteiger partial charge in [0.05, 0.1) is 25.0 Å². The minimum Gasteiger partial charge on any atom is -0.481 e. The molecule has 0 saturated carbocycles. The first-order valence-electron chi connectivity index (χ1n) is 15.0. The fourth-order valence-corrected chi connectivity index (χ4v) is 5.44. The van der Waals surface area contributed by atoms with Crippen LogP contribution in [0.1, 0.15) is 87.7 Å². The van der Waals surface area contributed by atoms with Gasteiger partial charge in [0.1, 0.15) is 11.6 Å². The average Bonchev–Trinajstić information content (AvgIpc) is 3.68. The number of rotatable bonds is 21. The van der Waals surface area contributed by atoms with E-state index in [2.05, 4.69) is 43.6 Å². The molecule has 2 heterocycles. The second kappa shape index (κ2) is 17.4. The molecule has 1 aromatic carbocycles. The molecule has 2 atom stereocenters. The molecule has 0 bridgehead atoms. The number of aliphatic carboxylic acids is 2. The molecule has 0 fully saturated rings. The van der Waals surface area contributed by atoms with Crippen molar-refractivity contribution >= 4 is 11.9 Å². The van der Waals surface area contributed by atoms with Gasteiger partial charge in [0.25, 0.3) is 0 Å². The summed E-state index contributed by atoms with van der Waals surface area (Å²) in [5.41, 5.74) is 2.05.